The molecule has 0 unspecified atom stereocenters. The second-order valence-corrected chi connectivity index (χ2v) is 10.3. The molecule has 0 aliphatic carbocycles. The molecule has 192 valence electrons. The van der Waals surface area contributed by atoms with Gasteiger partial charge in [0.05, 0.1) is 0 Å². The van der Waals surface area contributed by atoms with Crippen molar-refractivity contribution in [3.8, 4) is 0 Å². The second kappa shape index (κ2) is 14.9. The fraction of sp³-hybridized carbons (Fsp3) is 0.0278. The van der Waals surface area contributed by atoms with Crippen molar-refractivity contribution in [1.29, 1.82) is 0 Å². The first-order valence-electron chi connectivity index (χ1n) is 12.5. The molecule has 0 aromatic heterocycles. The number of hydrogen-bond acceptors (Lipinski definition) is 0. The molecule has 0 heterocycles. The van der Waals surface area contributed by atoms with E-state index in [1.54, 1.807) is 0 Å². The van der Waals surface area contributed by atoms with Crippen LogP contribution < -0.4 is 0 Å². The van der Waals surface area contributed by atoms with Gasteiger partial charge in [0, 0.05) is 0 Å². The Balaban J connectivity index is 0.000000160. The molecule has 39 heavy (non-hydrogen) atoms. The van der Waals surface area contributed by atoms with Crippen LogP contribution in [0.5, 0.6) is 0 Å². The molecule has 0 radical (unpaired) electrons. The molecule has 0 aliphatic rings. The van der Waals surface area contributed by atoms with E-state index in [-0.39, 0.29) is 24.8 Å². The van der Waals surface area contributed by atoms with Crippen molar-refractivity contribution >= 4 is 60.3 Å². The van der Waals surface area contributed by atoms with E-state index in [4.69, 9.17) is 0 Å². The largest absolute Gasteiger partial charge is 0.126 e. The molecule has 0 spiro atoms. The molecule has 7 aromatic carbocycles. The summed E-state index contributed by atoms with van der Waals surface area (Å²) in [5, 5.41) is 8.09. The van der Waals surface area contributed by atoms with E-state index >= 15 is 0 Å². The molecule has 0 amide bonds. The van der Waals surface area contributed by atoms with E-state index in [1.165, 1.54) is 76.4 Å². The van der Waals surface area contributed by atoms with Crippen molar-refractivity contribution in [2.75, 3.05) is 0 Å². The van der Waals surface area contributed by atoms with Gasteiger partial charge >= 0.3 is 99.2 Å². The maximum Gasteiger partial charge on any atom is -0.0771 e. The van der Waals surface area contributed by atoms with Crippen molar-refractivity contribution in [3.05, 3.63) is 168 Å². The molecule has 0 fully saturated rings. The third kappa shape index (κ3) is 7.74. The summed E-state index contributed by atoms with van der Waals surface area (Å²) in [6, 6.07) is 53.2. The van der Waals surface area contributed by atoms with Crippen molar-refractivity contribution in [3.63, 3.8) is 0 Å². The number of hydrogen-bond donors (Lipinski definition) is 0. The molecule has 0 saturated carbocycles. The summed E-state index contributed by atoms with van der Waals surface area (Å²) in [7, 11) is 0. The van der Waals surface area contributed by atoms with E-state index in [1.807, 2.05) is 0 Å². The monoisotopic (exact) mass is 622 g/mol. The van der Waals surface area contributed by atoms with Crippen LogP contribution in [0.3, 0.4) is 0 Å². The van der Waals surface area contributed by atoms with E-state index in [0.29, 0.717) is 0 Å². The SMILES string of the molecule is Cc1cc2ccccc2[cH-]1.Cl.Cl.[Zr+2]=[C](c1ccccc1)c1ccccc1.c1ccc2c(c1)[cH-]c1ccccc12. The number of rotatable bonds is 2. The summed E-state index contributed by atoms with van der Waals surface area (Å²) in [5.41, 5.74) is 4.01. The minimum Gasteiger partial charge on any atom is -0.126 e. The molecule has 0 N–H and O–H groups in total. The van der Waals surface area contributed by atoms with Crippen molar-refractivity contribution in [1.82, 2.24) is 0 Å². The first kappa shape index (κ1) is 30.5. The normalized spacial score (nSPS) is 9.92. The van der Waals surface area contributed by atoms with Crippen LogP contribution in [0.15, 0.2) is 152 Å². The summed E-state index contributed by atoms with van der Waals surface area (Å²) in [6.45, 7) is 2.12. The Hall–Kier alpha value is -3.09. The summed E-state index contributed by atoms with van der Waals surface area (Å²) in [6.07, 6.45) is 0. The topological polar surface area (TPSA) is 0 Å². The Morgan fingerprint density at radius 3 is 1.38 bits per heavy atom. The van der Waals surface area contributed by atoms with Crippen molar-refractivity contribution in [2.24, 2.45) is 0 Å². The van der Waals surface area contributed by atoms with Gasteiger partial charge in [-0.3, -0.25) is 0 Å². The van der Waals surface area contributed by atoms with Crippen LogP contribution in [0.25, 0.3) is 32.3 Å². The Bertz CT molecular complexity index is 1620. The minimum absolute atomic E-state index is 0. The predicted molar refractivity (Wildman–Crippen MR) is 172 cm³/mol. The molecule has 0 nitrogen and oxygen atoms in total. The Labute approximate surface area is 258 Å². The van der Waals surface area contributed by atoms with Gasteiger partial charge in [-0.2, -0.15) is 6.07 Å². The fourth-order valence-electron chi connectivity index (χ4n) is 4.59. The number of fused-ring (bicyclic) bond motifs is 4. The fourth-order valence-corrected chi connectivity index (χ4v) is 5.41. The summed E-state index contributed by atoms with van der Waals surface area (Å²) in [4.78, 5) is 0. The summed E-state index contributed by atoms with van der Waals surface area (Å²) < 4.78 is 1.42. The third-order valence-corrected chi connectivity index (χ3v) is 7.83. The van der Waals surface area contributed by atoms with Gasteiger partial charge in [-0.1, -0.05) is 49.4 Å². The first-order chi connectivity index (χ1) is 18.2. The second-order valence-electron chi connectivity index (χ2n) is 9.09. The van der Waals surface area contributed by atoms with Crippen LogP contribution in [-0.4, -0.2) is 3.21 Å². The molecule has 0 atom stereocenters. The smallest absolute Gasteiger partial charge is 0.0771 e. The molecule has 7 aromatic rings. The molecule has 0 saturated heterocycles. The van der Waals surface area contributed by atoms with Crippen LogP contribution in [0, 0.1) is 6.92 Å². The molecule has 3 heteroatoms. The molecular formula is C36H30Cl2Zr. The number of benzene rings is 5. The van der Waals surface area contributed by atoms with E-state index in [0.717, 1.165) is 0 Å². The first-order valence-corrected chi connectivity index (χ1v) is 13.8. The van der Waals surface area contributed by atoms with Gasteiger partial charge in [-0.15, -0.1) is 105 Å². The van der Waals surface area contributed by atoms with E-state index in [9.17, 15) is 0 Å². The maximum absolute atomic E-state index is 2.24. The number of halogens is 2. The molecule has 0 aliphatic heterocycles. The zero-order chi connectivity index (χ0) is 25.5. The zero-order valence-corrected chi connectivity index (χ0v) is 25.8. The van der Waals surface area contributed by atoms with Gasteiger partial charge in [-0.25, -0.2) is 0 Å². The van der Waals surface area contributed by atoms with Crippen LogP contribution in [-0.2, 0) is 24.2 Å². The van der Waals surface area contributed by atoms with Gasteiger partial charge in [0.25, 0.3) is 0 Å². The molecular weight excluding hydrogens is 595 g/mol. The summed E-state index contributed by atoms with van der Waals surface area (Å²) >= 11 is 1.46. The zero-order valence-electron chi connectivity index (χ0n) is 21.8. The van der Waals surface area contributed by atoms with E-state index < -0.39 is 0 Å². The van der Waals surface area contributed by atoms with Crippen LogP contribution >= 0.6 is 24.8 Å². The average molecular weight is 625 g/mol. The Morgan fingerprint density at radius 1 is 0.487 bits per heavy atom. The minimum atomic E-state index is 0. The van der Waals surface area contributed by atoms with Gasteiger partial charge in [0.2, 0.25) is 0 Å². The quantitative estimate of drug-likeness (QED) is 0.168. The molecule has 0 bridgehead atoms. The Kier molecular flexibility index (Phi) is 11.6. The Morgan fingerprint density at radius 2 is 0.897 bits per heavy atom. The van der Waals surface area contributed by atoms with Crippen LogP contribution in [0.4, 0.5) is 0 Å². The third-order valence-electron chi connectivity index (χ3n) is 6.41. The van der Waals surface area contributed by atoms with Gasteiger partial charge in [-0.05, 0) is 0 Å². The van der Waals surface area contributed by atoms with E-state index in [2.05, 4.69) is 159 Å². The van der Waals surface area contributed by atoms with Gasteiger partial charge in [0.15, 0.2) is 0 Å². The van der Waals surface area contributed by atoms with Crippen LogP contribution in [0.1, 0.15) is 16.7 Å². The molecule has 7 rings (SSSR count). The average Bonchev–Trinajstić information content (AvgIpc) is 3.54. The van der Waals surface area contributed by atoms with Crippen LogP contribution in [0.2, 0.25) is 0 Å². The standard InChI is InChI=1S/C13H9.C13H10.C10H9.2ClH.Zr/c1-3-7-12-10(5-1)9-11-6-2-4-8-13(11)12;1-3-7-12(8-4-1)11-13-9-5-2-6-10-13;1-8-6-9-4-2-3-5-10(9)7-8;;;/h1-9H;1-10H;2-7H,1H3;2*1H;/q-1;;-1;;;+2. The van der Waals surface area contributed by atoms with Crippen molar-refractivity contribution < 1.29 is 24.2 Å². The predicted octanol–water partition coefficient (Wildman–Crippen LogP) is 10.2. The maximum atomic E-state index is 2.24. The number of aryl methyl sites for hydroxylation is 1. The van der Waals surface area contributed by atoms with Gasteiger partial charge in [0.1, 0.15) is 0 Å². The summed E-state index contributed by atoms with van der Waals surface area (Å²) in [5.74, 6) is 0. The van der Waals surface area contributed by atoms with Gasteiger partial charge < -0.3 is 0 Å². The van der Waals surface area contributed by atoms with Crippen molar-refractivity contribution in [2.45, 2.75) is 6.92 Å².